The van der Waals surface area contributed by atoms with Crippen molar-refractivity contribution >= 4 is 37.5 Å². The average Bonchev–Trinajstić information content (AvgIpc) is 3.63. The number of nitrogens with zero attached hydrogens (tertiary/aromatic N) is 1. The summed E-state index contributed by atoms with van der Waals surface area (Å²) >= 11 is 0. The molecule has 1 aliphatic carbocycles. The van der Waals surface area contributed by atoms with Gasteiger partial charge in [-0.3, -0.25) is 4.31 Å². The van der Waals surface area contributed by atoms with Crippen LogP contribution in [-0.4, -0.2) is 58.5 Å². The molecule has 1 N–H and O–H groups in total. The molecule has 3 aliphatic rings. The third-order valence-electron chi connectivity index (χ3n) is 7.43. The zero-order valence-electron chi connectivity index (χ0n) is 19.0. The van der Waals surface area contributed by atoms with Crippen LogP contribution < -0.4 is 4.31 Å². The first-order valence-electron chi connectivity index (χ1n) is 11.3. The fourth-order valence-electron chi connectivity index (χ4n) is 5.61. The van der Waals surface area contributed by atoms with Gasteiger partial charge in [0.25, 0.3) is 10.0 Å². The number of benzene rings is 2. The number of methoxy groups -OCH3 is 1. The highest BCUT2D eigenvalue weighted by Gasteiger charge is 2.60. The van der Waals surface area contributed by atoms with Gasteiger partial charge >= 0.3 is 11.9 Å². The second-order valence-corrected chi connectivity index (χ2v) is 13.6. The molecule has 0 aromatic heterocycles. The molecule has 1 spiro atoms. The number of rotatable bonds is 5. The predicted molar refractivity (Wildman–Crippen MR) is 127 cm³/mol. The number of carboxylic acid groups (broad SMARTS) is 1. The largest absolute Gasteiger partial charge is 0.478 e. The van der Waals surface area contributed by atoms with Gasteiger partial charge in [-0.05, 0) is 73.6 Å². The highest BCUT2D eigenvalue weighted by Crippen LogP contribution is 2.59. The minimum absolute atomic E-state index is 0.0232. The number of carbonyl (C=O) groups is 2. The number of esters is 1. The minimum Gasteiger partial charge on any atom is -0.478 e. The Morgan fingerprint density at radius 1 is 1.06 bits per heavy atom. The summed E-state index contributed by atoms with van der Waals surface area (Å²) in [4.78, 5) is 23.7. The van der Waals surface area contributed by atoms with E-state index in [2.05, 4.69) is 0 Å². The molecule has 186 valence electrons. The van der Waals surface area contributed by atoms with Crippen LogP contribution in [0.2, 0.25) is 0 Å². The molecule has 9 nitrogen and oxygen atoms in total. The monoisotopic (exact) mass is 519 g/mol. The zero-order valence-corrected chi connectivity index (χ0v) is 20.6. The molecule has 1 atom stereocenters. The van der Waals surface area contributed by atoms with E-state index in [1.165, 1.54) is 53.9 Å². The molecule has 2 aliphatic heterocycles. The van der Waals surface area contributed by atoms with E-state index in [0.717, 1.165) is 12.8 Å². The molecule has 5 rings (SSSR count). The molecule has 35 heavy (non-hydrogen) atoms. The highest BCUT2D eigenvalue weighted by atomic mass is 32.2. The molecule has 1 saturated heterocycles. The maximum Gasteiger partial charge on any atom is 0.337 e. The Kier molecular flexibility index (Phi) is 5.48. The lowest BCUT2D eigenvalue weighted by Gasteiger charge is -2.41. The lowest BCUT2D eigenvalue weighted by atomic mass is 9.70. The summed E-state index contributed by atoms with van der Waals surface area (Å²) in [6, 6.07) is 9.46. The van der Waals surface area contributed by atoms with Crippen LogP contribution >= 0.6 is 0 Å². The fourth-order valence-corrected chi connectivity index (χ4v) is 9.01. The third-order valence-corrected chi connectivity index (χ3v) is 10.9. The number of carboxylic acids is 1. The Hall–Kier alpha value is -2.92. The van der Waals surface area contributed by atoms with Crippen LogP contribution in [0.1, 0.15) is 52.0 Å². The quantitative estimate of drug-likeness (QED) is 0.596. The predicted octanol–water partition coefficient (Wildman–Crippen LogP) is 2.61. The van der Waals surface area contributed by atoms with Crippen LogP contribution in [-0.2, 0) is 30.0 Å². The Morgan fingerprint density at radius 2 is 1.74 bits per heavy atom. The van der Waals surface area contributed by atoms with Gasteiger partial charge in [-0.1, -0.05) is 6.07 Å². The van der Waals surface area contributed by atoms with Gasteiger partial charge < -0.3 is 9.84 Å². The number of hydrogen-bond acceptors (Lipinski definition) is 7. The van der Waals surface area contributed by atoms with Gasteiger partial charge in [-0.25, -0.2) is 26.4 Å². The van der Waals surface area contributed by atoms with Crippen molar-refractivity contribution in [1.82, 2.24) is 0 Å². The van der Waals surface area contributed by atoms with Crippen LogP contribution in [0.3, 0.4) is 0 Å². The van der Waals surface area contributed by atoms with Crippen molar-refractivity contribution in [2.24, 2.45) is 5.92 Å². The molecule has 2 aromatic rings. The highest BCUT2D eigenvalue weighted by molar-refractivity contribution is 7.93. The number of ether oxygens (including phenoxy) is 1. The number of fused-ring (bicyclic) bond motifs is 2. The molecule has 1 saturated carbocycles. The molecule has 0 radical (unpaired) electrons. The van der Waals surface area contributed by atoms with Gasteiger partial charge in [0.2, 0.25) is 0 Å². The Morgan fingerprint density at radius 3 is 2.34 bits per heavy atom. The molecule has 2 fully saturated rings. The van der Waals surface area contributed by atoms with Crippen molar-refractivity contribution in [2.75, 3.05) is 22.9 Å². The minimum atomic E-state index is -4.18. The van der Waals surface area contributed by atoms with Crippen LogP contribution in [0.25, 0.3) is 0 Å². The maximum absolute atomic E-state index is 14.1. The van der Waals surface area contributed by atoms with E-state index in [1.807, 2.05) is 0 Å². The summed E-state index contributed by atoms with van der Waals surface area (Å²) in [6.07, 6.45) is 2.04. The standard InChI is InChI=1S/C24H25NO8S2/c1-33-23(28)17-3-2-4-18(13-17)35(31,32)25-20-8-7-16(22(26)27)14-19(20)24(21(25)15-5-6-15)9-11-34(29,30)12-10-24/h2-4,7-8,13-15,21H,5-6,9-12H2,1H3,(H,26,27). The topological polar surface area (TPSA) is 135 Å². The van der Waals surface area contributed by atoms with E-state index in [0.29, 0.717) is 11.3 Å². The molecular formula is C24H25NO8S2. The first-order valence-corrected chi connectivity index (χ1v) is 14.6. The number of anilines is 1. The summed E-state index contributed by atoms with van der Waals surface area (Å²) in [7, 11) is -6.23. The van der Waals surface area contributed by atoms with Crippen molar-refractivity contribution < 1.29 is 36.3 Å². The number of aromatic carboxylic acids is 1. The summed E-state index contributed by atoms with van der Waals surface area (Å²) < 4.78 is 59.0. The lowest BCUT2D eigenvalue weighted by molar-refractivity contribution is 0.0599. The molecule has 2 heterocycles. The Bertz CT molecular complexity index is 1430. The number of sulfone groups is 1. The average molecular weight is 520 g/mol. The Labute approximate surface area is 203 Å². The van der Waals surface area contributed by atoms with Crippen molar-refractivity contribution in [2.45, 2.75) is 42.0 Å². The van der Waals surface area contributed by atoms with Crippen molar-refractivity contribution in [3.63, 3.8) is 0 Å². The summed E-state index contributed by atoms with van der Waals surface area (Å²) in [5, 5.41) is 9.61. The van der Waals surface area contributed by atoms with E-state index < -0.39 is 43.3 Å². The van der Waals surface area contributed by atoms with E-state index in [1.54, 1.807) is 0 Å². The number of hydrogen-bond donors (Lipinski definition) is 1. The molecule has 0 bridgehead atoms. The zero-order chi connectivity index (χ0) is 25.2. The summed E-state index contributed by atoms with van der Waals surface area (Å²) in [6.45, 7) is 0. The van der Waals surface area contributed by atoms with E-state index in [9.17, 15) is 31.5 Å². The molecular weight excluding hydrogens is 494 g/mol. The van der Waals surface area contributed by atoms with Gasteiger partial charge in [0, 0.05) is 5.41 Å². The van der Waals surface area contributed by atoms with Gasteiger partial charge in [-0.15, -0.1) is 0 Å². The third kappa shape index (κ3) is 3.81. The van der Waals surface area contributed by atoms with Gasteiger partial charge in [0.05, 0.1) is 46.4 Å². The van der Waals surface area contributed by atoms with Crippen molar-refractivity contribution in [1.29, 1.82) is 0 Å². The first-order chi connectivity index (χ1) is 16.5. The Balaban J connectivity index is 1.71. The SMILES string of the molecule is COC(=O)c1cccc(S(=O)(=O)N2c3ccc(C(=O)O)cc3C3(CCS(=O)(=O)CC3)C2C2CC2)c1. The van der Waals surface area contributed by atoms with E-state index in [-0.39, 0.29) is 46.3 Å². The van der Waals surface area contributed by atoms with Gasteiger partial charge in [0.15, 0.2) is 0 Å². The molecule has 0 amide bonds. The van der Waals surface area contributed by atoms with Crippen LogP contribution in [0.5, 0.6) is 0 Å². The maximum atomic E-state index is 14.1. The lowest BCUT2D eigenvalue weighted by Crippen LogP contribution is -2.52. The molecule has 2 aromatic carbocycles. The summed E-state index contributed by atoms with van der Waals surface area (Å²) in [5.74, 6) is -1.95. The second-order valence-electron chi connectivity index (χ2n) is 9.45. The van der Waals surface area contributed by atoms with Crippen molar-refractivity contribution in [3.8, 4) is 0 Å². The van der Waals surface area contributed by atoms with Gasteiger partial charge in [0.1, 0.15) is 9.84 Å². The smallest absolute Gasteiger partial charge is 0.337 e. The van der Waals surface area contributed by atoms with Crippen LogP contribution in [0.4, 0.5) is 5.69 Å². The van der Waals surface area contributed by atoms with E-state index >= 15 is 0 Å². The van der Waals surface area contributed by atoms with Gasteiger partial charge in [-0.2, -0.15) is 0 Å². The molecule has 1 unspecified atom stereocenters. The first kappa shape index (κ1) is 23.8. The normalized spacial score (nSPS) is 22.5. The number of carbonyl (C=O) groups excluding carboxylic acids is 1. The fraction of sp³-hybridized carbons (Fsp3) is 0.417. The van der Waals surface area contributed by atoms with E-state index in [4.69, 9.17) is 4.74 Å². The van der Waals surface area contributed by atoms with Crippen LogP contribution in [0.15, 0.2) is 47.4 Å². The molecule has 11 heteroatoms. The summed E-state index contributed by atoms with van der Waals surface area (Å²) in [5.41, 5.74) is 0.251. The van der Waals surface area contributed by atoms with Crippen LogP contribution in [0, 0.1) is 5.92 Å². The number of sulfonamides is 1. The second kappa shape index (κ2) is 8.06. The van der Waals surface area contributed by atoms with Crippen molar-refractivity contribution in [3.05, 3.63) is 59.2 Å².